The molecule has 1 heteroatoms. The Morgan fingerprint density at radius 1 is 1.25 bits per heavy atom. The van der Waals surface area contributed by atoms with Gasteiger partial charge in [0.25, 0.3) is 0 Å². The molecule has 0 fully saturated rings. The lowest BCUT2D eigenvalue weighted by atomic mass is 9.96. The topological polar surface area (TPSA) is 20.2 Å². The molecule has 1 aliphatic rings. The van der Waals surface area contributed by atoms with Gasteiger partial charge in [-0.1, -0.05) is 30.3 Å². The van der Waals surface area contributed by atoms with E-state index in [9.17, 15) is 5.11 Å². The van der Waals surface area contributed by atoms with Gasteiger partial charge in [0.1, 0.15) is 0 Å². The standard InChI is InChI=1S/C15H18O/c1-2-7-15(16)14-11-6-4-9-12-8-3-5-10-13(12)14/h2-3,5,8,10,16H,1,4,6-7,9,11H2/b15-14-. The number of rotatable bonds is 2. The lowest BCUT2D eigenvalue weighted by Crippen LogP contribution is -1.93. The molecule has 1 aromatic carbocycles. The van der Waals surface area contributed by atoms with Crippen LogP contribution >= 0.6 is 0 Å². The van der Waals surface area contributed by atoms with Crippen LogP contribution in [0, 0.1) is 0 Å². The van der Waals surface area contributed by atoms with Gasteiger partial charge in [0.2, 0.25) is 0 Å². The second-order valence-corrected chi connectivity index (χ2v) is 4.28. The Morgan fingerprint density at radius 3 is 2.81 bits per heavy atom. The highest BCUT2D eigenvalue weighted by atomic mass is 16.3. The number of aliphatic hydroxyl groups excluding tert-OH is 1. The van der Waals surface area contributed by atoms with E-state index in [1.54, 1.807) is 6.08 Å². The Kier molecular flexibility index (Phi) is 3.45. The average molecular weight is 214 g/mol. The van der Waals surface area contributed by atoms with Crippen LogP contribution < -0.4 is 0 Å². The fraction of sp³-hybridized carbons (Fsp3) is 0.333. The zero-order valence-electron chi connectivity index (χ0n) is 9.58. The number of hydrogen-bond acceptors (Lipinski definition) is 1. The van der Waals surface area contributed by atoms with Crippen molar-refractivity contribution >= 4 is 5.57 Å². The number of aryl methyl sites for hydroxylation is 1. The highest BCUT2D eigenvalue weighted by molar-refractivity contribution is 5.70. The summed E-state index contributed by atoms with van der Waals surface area (Å²) < 4.78 is 0. The van der Waals surface area contributed by atoms with Crippen molar-refractivity contribution in [3.8, 4) is 0 Å². The van der Waals surface area contributed by atoms with Gasteiger partial charge in [-0.15, -0.1) is 6.58 Å². The highest BCUT2D eigenvalue weighted by Crippen LogP contribution is 2.32. The molecule has 0 atom stereocenters. The predicted molar refractivity (Wildman–Crippen MR) is 68.4 cm³/mol. The minimum absolute atomic E-state index is 0.490. The van der Waals surface area contributed by atoms with Crippen LogP contribution in [0.1, 0.15) is 36.8 Å². The van der Waals surface area contributed by atoms with Crippen molar-refractivity contribution in [1.29, 1.82) is 0 Å². The fourth-order valence-corrected chi connectivity index (χ4v) is 2.34. The molecule has 1 aliphatic carbocycles. The van der Waals surface area contributed by atoms with Gasteiger partial charge in [0.15, 0.2) is 0 Å². The molecule has 0 bridgehead atoms. The Morgan fingerprint density at radius 2 is 2.00 bits per heavy atom. The lowest BCUT2D eigenvalue weighted by molar-refractivity contribution is 0.402. The van der Waals surface area contributed by atoms with Gasteiger partial charge in [-0.05, 0) is 42.4 Å². The van der Waals surface area contributed by atoms with Gasteiger partial charge in [-0.25, -0.2) is 0 Å². The molecule has 0 spiro atoms. The molecule has 0 saturated heterocycles. The van der Waals surface area contributed by atoms with E-state index in [4.69, 9.17) is 0 Å². The van der Waals surface area contributed by atoms with Gasteiger partial charge in [-0.2, -0.15) is 0 Å². The van der Waals surface area contributed by atoms with E-state index in [1.165, 1.54) is 17.5 Å². The lowest BCUT2D eigenvalue weighted by Gasteiger charge is -2.10. The molecular weight excluding hydrogens is 196 g/mol. The Hall–Kier alpha value is -1.50. The summed E-state index contributed by atoms with van der Waals surface area (Å²) in [4.78, 5) is 0. The summed E-state index contributed by atoms with van der Waals surface area (Å²) in [7, 11) is 0. The number of aliphatic hydroxyl groups is 1. The van der Waals surface area contributed by atoms with Crippen molar-refractivity contribution in [3.63, 3.8) is 0 Å². The molecule has 1 N–H and O–H groups in total. The Bertz CT molecular complexity index is 415. The molecule has 0 amide bonds. The molecule has 2 rings (SSSR count). The van der Waals surface area contributed by atoms with E-state index in [1.807, 2.05) is 6.07 Å². The van der Waals surface area contributed by atoms with E-state index in [0.29, 0.717) is 12.2 Å². The third-order valence-corrected chi connectivity index (χ3v) is 3.15. The summed E-state index contributed by atoms with van der Waals surface area (Å²) in [6.45, 7) is 3.68. The molecule has 1 nitrogen and oxygen atoms in total. The van der Waals surface area contributed by atoms with Gasteiger partial charge < -0.3 is 5.11 Å². The molecule has 1 aromatic rings. The third kappa shape index (κ3) is 2.19. The third-order valence-electron chi connectivity index (χ3n) is 3.15. The van der Waals surface area contributed by atoms with E-state index >= 15 is 0 Å². The molecule has 0 aliphatic heterocycles. The van der Waals surface area contributed by atoms with Crippen LogP contribution in [0.5, 0.6) is 0 Å². The second-order valence-electron chi connectivity index (χ2n) is 4.28. The van der Waals surface area contributed by atoms with Crippen molar-refractivity contribution in [2.24, 2.45) is 0 Å². The summed E-state index contributed by atoms with van der Waals surface area (Å²) in [5.74, 6) is 0.490. The van der Waals surface area contributed by atoms with Crippen molar-refractivity contribution in [3.05, 3.63) is 53.8 Å². The number of fused-ring (bicyclic) bond motifs is 1. The predicted octanol–water partition coefficient (Wildman–Crippen LogP) is 4.26. The van der Waals surface area contributed by atoms with Crippen LogP contribution in [-0.2, 0) is 6.42 Å². The zero-order chi connectivity index (χ0) is 11.4. The molecule has 16 heavy (non-hydrogen) atoms. The van der Waals surface area contributed by atoms with Crippen LogP contribution in [0.2, 0.25) is 0 Å². The Balaban J connectivity index is 2.47. The van der Waals surface area contributed by atoms with Crippen LogP contribution in [0.25, 0.3) is 5.57 Å². The minimum Gasteiger partial charge on any atom is -0.512 e. The van der Waals surface area contributed by atoms with E-state index in [2.05, 4.69) is 24.8 Å². The summed E-state index contributed by atoms with van der Waals surface area (Å²) in [6, 6.07) is 8.41. The van der Waals surface area contributed by atoms with E-state index in [-0.39, 0.29) is 0 Å². The second kappa shape index (κ2) is 5.02. The van der Waals surface area contributed by atoms with Crippen LogP contribution in [0.3, 0.4) is 0 Å². The normalized spacial score (nSPS) is 18.5. The maximum absolute atomic E-state index is 10.1. The molecule has 0 aromatic heterocycles. The molecular formula is C15H18O. The van der Waals surface area contributed by atoms with Crippen molar-refractivity contribution in [2.45, 2.75) is 32.1 Å². The smallest absolute Gasteiger partial charge is 0.0998 e. The largest absolute Gasteiger partial charge is 0.512 e. The first kappa shape index (κ1) is 11.0. The van der Waals surface area contributed by atoms with Gasteiger partial charge in [0, 0.05) is 6.42 Å². The first-order valence-corrected chi connectivity index (χ1v) is 5.93. The quantitative estimate of drug-likeness (QED) is 0.443. The summed E-state index contributed by atoms with van der Waals surface area (Å²) in [5.41, 5.74) is 3.72. The molecule has 0 unspecified atom stereocenters. The summed E-state index contributed by atoms with van der Waals surface area (Å²) in [5, 5.41) is 10.1. The average Bonchev–Trinajstić information content (AvgIpc) is 2.51. The maximum atomic E-state index is 10.1. The summed E-state index contributed by atoms with van der Waals surface area (Å²) >= 11 is 0. The van der Waals surface area contributed by atoms with Gasteiger partial charge in [0.05, 0.1) is 5.76 Å². The fourth-order valence-electron chi connectivity index (χ4n) is 2.34. The zero-order valence-corrected chi connectivity index (χ0v) is 9.58. The van der Waals surface area contributed by atoms with E-state index in [0.717, 1.165) is 24.8 Å². The highest BCUT2D eigenvalue weighted by Gasteiger charge is 2.14. The maximum Gasteiger partial charge on any atom is 0.0998 e. The Labute approximate surface area is 97.1 Å². The molecule has 0 radical (unpaired) electrons. The number of hydrogen-bond donors (Lipinski definition) is 1. The minimum atomic E-state index is 0.490. The number of benzene rings is 1. The molecule has 0 heterocycles. The first-order chi connectivity index (χ1) is 7.83. The van der Waals surface area contributed by atoms with Crippen LogP contribution in [0.15, 0.2) is 42.7 Å². The summed E-state index contributed by atoms with van der Waals surface area (Å²) in [6.07, 6.45) is 6.81. The van der Waals surface area contributed by atoms with Crippen molar-refractivity contribution in [1.82, 2.24) is 0 Å². The van der Waals surface area contributed by atoms with Gasteiger partial charge >= 0.3 is 0 Å². The first-order valence-electron chi connectivity index (χ1n) is 5.93. The van der Waals surface area contributed by atoms with Crippen LogP contribution in [0.4, 0.5) is 0 Å². The van der Waals surface area contributed by atoms with Crippen molar-refractivity contribution in [2.75, 3.05) is 0 Å². The van der Waals surface area contributed by atoms with E-state index < -0.39 is 0 Å². The molecule has 0 saturated carbocycles. The molecule has 84 valence electrons. The monoisotopic (exact) mass is 214 g/mol. The van der Waals surface area contributed by atoms with Gasteiger partial charge in [-0.3, -0.25) is 0 Å². The SMILES string of the molecule is C=CC/C(O)=C1\CCCCc2ccccc21. The number of allylic oxidation sites excluding steroid dienone is 2. The van der Waals surface area contributed by atoms with Crippen LogP contribution in [-0.4, -0.2) is 5.11 Å². The van der Waals surface area contributed by atoms with Crippen molar-refractivity contribution < 1.29 is 5.11 Å².